The Kier molecular flexibility index (Phi) is 4.87. The predicted molar refractivity (Wildman–Crippen MR) is 97.7 cm³/mol. The van der Waals surface area contributed by atoms with E-state index in [0.717, 1.165) is 38.0 Å². The smallest absolute Gasteiger partial charge is 0.216 e. The second kappa shape index (κ2) is 6.73. The van der Waals surface area contributed by atoms with Gasteiger partial charge in [-0.05, 0) is 36.0 Å². The summed E-state index contributed by atoms with van der Waals surface area (Å²) in [6.45, 7) is 7.98. The van der Waals surface area contributed by atoms with Crippen molar-refractivity contribution in [3.8, 4) is 0 Å². The Morgan fingerprint density at radius 3 is 2.74 bits per heavy atom. The lowest BCUT2D eigenvalue weighted by Gasteiger charge is -2.26. The number of hydrogen-bond acceptors (Lipinski definition) is 4. The van der Waals surface area contributed by atoms with E-state index in [0.29, 0.717) is 5.41 Å². The number of hydrogen-bond donors (Lipinski definition) is 2. The Bertz CT molecular complexity index is 565. The van der Waals surface area contributed by atoms with Crippen molar-refractivity contribution < 1.29 is 4.79 Å². The predicted octanol–water partition coefficient (Wildman–Crippen LogP) is 2.72. The van der Waals surface area contributed by atoms with Crippen LogP contribution in [0.25, 0.3) is 0 Å². The van der Waals surface area contributed by atoms with Crippen LogP contribution < -0.4 is 10.0 Å². The number of benzene rings is 1. The normalized spacial score (nSPS) is 29.2. The SMILES string of the molecule is CCC1(c2cccc(NSC)c2)C2CN(CCNC(C)=O)CC21. The molecule has 4 nitrogen and oxygen atoms in total. The highest BCUT2D eigenvalue weighted by Crippen LogP contribution is 2.65. The molecule has 2 unspecified atom stereocenters. The van der Waals surface area contributed by atoms with Crippen LogP contribution in [0.2, 0.25) is 0 Å². The number of rotatable bonds is 7. The molecule has 2 atom stereocenters. The number of piperidine rings is 1. The van der Waals surface area contributed by atoms with Crippen molar-refractivity contribution in [2.75, 3.05) is 37.2 Å². The second-order valence-corrected chi connectivity index (χ2v) is 7.35. The number of nitrogens with zero attached hydrogens (tertiary/aromatic N) is 1. The van der Waals surface area contributed by atoms with Crippen LogP contribution in [0.3, 0.4) is 0 Å². The Morgan fingerprint density at radius 1 is 1.39 bits per heavy atom. The van der Waals surface area contributed by atoms with E-state index in [1.807, 2.05) is 0 Å². The number of carbonyl (C=O) groups is 1. The fourth-order valence-electron chi connectivity index (χ4n) is 4.54. The first-order valence-corrected chi connectivity index (χ1v) is 9.70. The number of carbonyl (C=O) groups excluding carboxylic acids is 1. The molecule has 1 aromatic carbocycles. The summed E-state index contributed by atoms with van der Waals surface area (Å²) in [5.74, 6) is 1.61. The van der Waals surface area contributed by atoms with Gasteiger partial charge in [0.25, 0.3) is 0 Å². The molecule has 1 aromatic rings. The van der Waals surface area contributed by atoms with E-state index >= 15 is 0 Å². The summed E-state index contributed by atoms with van der Waals surface area (Å²) in [5, 5.41) is 2.90. The zero-order chi connectivity index (χ0) is 16.4. The molecule has 0 radical (unpaired) electrons. The monoisotopic (exact) mass is 333 g/mol. The first-order valence-electron chi connectivity index (χ1n) is 8.48. The average Bonchev–Trinajstić information content (AvgIpc) is 2.91. The minimum atomic E-state index is 0.0652. The summed E-state index contributed by atoms with van der Waals surface area (Å²) < 4.78 is 3.35. The zero-order valence-corrected chi connectivity index (χ0v) is 15.1. The lowest BCUT2D eigenvalue weighted by Crippen LogP contribution is -2.36. The van der Waals surface area contributed by atoms with E-state index in [-0.39, 0.29) is 5.91 Å². The van der Waals surface area contributed by atoms with Crippen molar-refractivity contribution in [1.29, 1.82) is 0 Å². The van der Waals surface area contributed by atoms with E-state index in [9.17, 15) is 4.79 Å². The van der Waals surface area contributed by atoms with Gasteiger partial charge in [-0.3, -0.25) is 4.79 Å². The molecule has 2 N–H and O–H groups in total. The largest absolute Gasteiger partial charge is 0.355 e. The van der Waals surface area contributed by atoms with Crippen molar-refractivity contribution >= 4 is 23.5 Å². The number of amides is 1. The van der Waals surface area contributed by atoms with Gasteiger partial charge in [0.05, 0.1) is 0 Å². The second-order valence-electron chi connectivity index (χ2n) is 6.74. The zero-order valence-electron chi connectivity index (χ0n) is 14.3. The Balaban J connectivity index is 1.63. The maximum Gasteiger partial charge on any atom is 0.216 e. The van der Waals surface area contributed by atoms with Crippen molar-refractivity contribution in [3.63, 3.8) is 0 Å². The fraction of sp³-hybridized carbons (Fsp3) is 0.611. The van der Waals surface area contributed by atoms with Crippen LogP contribution in [0.15, 0.2) is 24.3 Å². The molecule has 1 heterocycles. The molecular formula is C18H27N3OS. The first kappa shape index (κ1) is 16.7. The summed E-state index contributed by atoms with van der Waals surface area (Å²) in [7, 11) is 0. The topological polar surface area (TPSA) is 44.4 Å². The van der Waals surface area contributed by atoms with Gasteiger partial charge in [0.15, 0.2) is 0 Å². The van der Waals surface area contributed by atoms with Crippen LogP contribution in [0, 0.1) is 11.8 Å². The van der Waals surface area contributed by atoms with E-state index in [2.05, 4.69) is 52.4 Å². The Morgan fingerprint density at radius 2 is 2.13 bits per heavy atom. The molecule has 1 aliphatic carbocycles. The third-order valence-corrected chi connectivity index (χ3v) is 6.06. The van der Waals surface area contributed by atoms with Gasteiger partial charge in [-0.2, -0.15) is 0 Å². The highest BCUT2D eigenvalue weighted by molar-refractivity contribution is 7.99. The Labute approximate surface area is 143 Å². The van der Waals surface area contributed by atoms with Gasteiger partial charge >= 0.3 is 0 Å². The molecule has 0 bridgehead atoms. The van der Waals surface area contributed by atoms with Gasteiger partial charge in [-0.1, -0.05) is 31.0 Å². The number of nitrogens with one attached hydrogen (secondary N) is 2. The quantitative estimate of drug-likeness (QED) is 0.753. The Hall–Kier alpha value is -1.20. The molecule has 2 fully saturated rings. The number of fused-ring (bicyclic) bond motifs is 1. The maximum atomic E-state index is 11.0. The summed E-state index contributed by atoms with van der Waals surface area (Å²) in [6, 6.07) is 8.95. The highest BCUT2D eigenvalue weighted by Gasteiger charge is 2.67. The molecular weight excluding hydrogens is 306 g/mol. The van der Waals surface area contributed by atoms with Crippen LogP contribution in [0.5, 0.6) is 0 Å². The molecule has 1 saturated heterocycles. The molecule has 2 aliphatic rings. The van der Waals surface area contributed by atoms with Gasteiger partial charge in [0.1, 0.15) is 0 Å². The average molecular weight is 334 g/mol. The summed E-state index contributed by atoms with van der Waals surface area (Å²) in [5.41, 5.74) is 3.08. The van der Waals surface area contributed by atoms with E-state index < -0.39 is 0 Å². The van der Waals surface area contributed by atoms with E-state index in [1.54, 1.807) is 18.9 Å². The molecule has 126 valence electrons. The van der Waals surface area contributed by atoms with Crippen molar-refractivity contribution in [2.24, 2.45) is 11.8 Å². The molecule has 3 rings (SSSR count). The van der Waals surface area contributed by atoms with Crippen LogP contribution in [0.1, 0.15) is 25.8 Å². The molecule has 1 amide bonds. The highest BCUT2D eigenvalue weighted by atomic mass is 32.2. The van der Waals surface area contributed by atoms with E-state index in [4.69, 9.17) is 0 Å². The molecule has 5 heteroatoms. The third-order valence-electron chi connectivity index (χ3n) is 5.62. The minimum Gasteiger partial charge on any atom is -0.355 e. The van der Waals surface area contributed by atoms with E-state index in [1.165, 1.54) is 17.7 Å². The third kappa shape index (κ3) is 3.09. The summed E-state index contributed by atoms with van der Waals surface area (Å²) in [6.07, 6.45) is 3.27. The van der Waals surface area contributed by atoms with Crippen molar-refractivity contribution in [2.45, 2.75) is 25.7 Å². The molecule has 1 aliphatic heterocycles. The van der Waals surface area contributed by atoms with Crippen molar-refractivity contribution in [1.82, 2.24) is 10.2 Å². The lowest BCUT2D eigenvalue weighted by atomic mass is 9.87. The maximum absolute atomic E-state index is 11.0. The molecule has 0 spiro atoms. The standard InChI is InChI=1S/C18H27N3OS/c1-4-18(14-6-5-7-15(10-14)20-23-3)16-11-21(12-17(16)18)9-8-19-13(2)22/h5-7,10,16-17,20H,4,8-9,11-12H2,1-3H3,(H,19,22). The van der Waals surface area contributed by atoms with Crippen LogP contribution in [0.4, 0.5) is 5.69 Å². The van der Waals surface area contributed by atoms with Gasteiger partial charge in [-0.15, -0.1) is 0 Å². The van der Waals surface area contributed by atoms with Crippen LogP contribution in [-0.2, 0) is 10.2 Å². The lowest BCUT2D eigenvalue weighted by molar-refractivity contribution is -0.119. The van der Waals surface area contributed by atoms with Crippen molar-refractivity contribution in [3.05, 3.63) is 29.8 Å². The van der Waals surface area contributed by atoms with Crippen LogP contribution >= 0.6 is 11.9 Å². The van der Waals surface area contributed by atoms with Gasteiger partial charge in [0, 0.05) is 50.5 Å². The summed E-state index contributed by atoms with van der Waals surface area (Å²) in [4.78, 5) is 13.5. The van der Waals surface area contributed by atoms with Gasteiger partial charge in [-0.25, -0.2) is 0 Å². The summed E-state index contributed by atoms with van der Waals surface area (Å²) >= 11 is 1.64. The van der Waals surface area contributed by atoms with Gasteiger partial charge in [0.2, 0.25) is 5.91 Å². The molecule has 0 aromatic heterocycles. The number of likely N-dealkylation sites (tertiary alicyclic amines) is 1. The van der Waals surface area contributed by atoms with Gasteiger partial charge < -0.3 is 14.9 Å². The number of anilines is 1. The first-order chi connectivity index (χ1) is 11.1. The molecule has 23 heavy (non-hydrogen) atoms. The van der Waals surface area contributed by atoms with Crippen LogP contribution in [-0.4, -0.2) is 43.2 Å². The fourth-order valence-corrected chi connectivity index (χ4v) is 4.90. The molecule has 1 saturated carbocycles. The minimum absolute atomic E-state index is 0.0652.